The smallest absolute Gasteiger partial charge is 0.325 e. The molecule has 2 aliphatic rings. The first-order valence-corrected chi connectivity index (χ1v) is 9.83. The molecule has 3 rings (SSSR count). The van der Waals surface area contributed by atoms with Crippen molar-refractivity contribution in [3.05, 3.63) is 35.4 Å². The van der Waals surface area contributed by atoms with Crippen molar-refractivity contribution in [2.24, 2.45) is 5.92 Å². The molecule has 1 saturated heterocycles. The lowest BCUT2D eigenvalue weighted by Gasteiger charge is -2.36. The van der Waals surface area contributed by atoms with Crippen molar-refractivity contribution in [2.75, 3.05) is 13.6 Å². The van der Waals surface area contributed by atoms with E-state index in [1.165, 1.54) is 5.56 Å². The lowest BCUT2D eigenvalue weighted by molar-refractivity contribution is -0.140. The van der Waals surface area contributed by atoms with Gasteiger partial charge in [-0.3, -0.25) is 14.5 Å². The van der Waals surface area contributed by atoms with Crippen LogP contribution in [0.4, 0.5) is 4.79 Å². The highest BCUT2D eigenvalue weighted by atomic mass is 16.2. The molecule has 1 aliphatic heterocycles. The van der Waals surface area contributed by atoms with E-state index in [0.29, 0.717) is 13.0 Å². The number of likely N-dealkylation sites (N-methyl/N-ethyl adjacent to an activating group) is 1. The molecule has 1 heterocycles. The topological polar surface area (TPSA) is 69.7 Å². The summed E-state index contributed by atoms with van der Waals surface area (Å²) in [4.78, 5) is 40.7. The second-order valence-corrected chi connectivity index (χ2v) is 7.86. The Bertz CT molecular complexity index is 731. The molecule has 0 aromatic heterocycles. The second-order valence-electron chi connectivity index (χ2n) is 7.86. The number of amides is 4. The number of urea groups is 1. The molecule has 1 aromatic carbocycles. The first-order chi connectivity index (χ1) is 12.9. The molecule has 2 fully saturated rings. The fraction of sp³-hybridized carbons (Fsp3) is 0.571. The highest BCUT2D eigenvalue weighted by Gasteiger charge is 2.55. The minimum Gasteiger partial charge on any atom is -0.340 e. The Morgan fingerprint density at radius 2 is 1.89 bits per heavy atom. The van der Waals surface area contributed by atoms with Gasteiger partial charge in [-0.2, -0.15) is 0 Å². The van der Waals surface area contributed by atoms with Crippen LogP contribution in [-0.2, 0) is 22.6 Å². The minimum atomic E-state index is -0.815. The van der Waals surface area contributed by atoms with Gasteiger partial charge >= 0.3 is 6.03 Å². The molecule has 0 radical (unpaired) electrons. The Labute approximate surface area is 160 Å². The van der Waals surface area contributed by atoms with E-state index < -0.39 is 11.6 Å². The average molecular weight is 371 g/mol. The minimum absolute atomic E-state index is 0.0950. The number of nitrogens with zero attached hydrogens (tertiary/aromatic N) is 2. The quantitative estimate of drug-likeness (QED) is 0.809. The molecule has 1 N–H and O–H groups in total. The number of carbonyl (C=O) groups excluding carboxylic acids is 3. The highest BCUT2D eigenvalue weighted by molar-refractivity contribution is 6.09. The van der Waals surface area contributed by atoms with Crippen molar-refractivity contribution in [3.8, 4) is 0 Å². The van der Waals surface area contributed by atoms with Crippen LogP contribution in [0.5, 0.6) is 0 Å². The zero-order chi connectivity index (χ0) is 19.6. The van der Waals surface area contributed by atoms with E-state index in [-0.39, 0.29) is 24.3 Å². The number of aryl methyl sites for hydroxylation is 1. The number of imide groups is 1. The maximum atomic E-state index is 13.0. The number of hydrogen-bond acceptors (Lipinski definition) is 3. The summed E-state index contributed by atoms with van der Waals surface area (Å²) < 4.78 is 0. The predicted octanol–water partition coefficient (Wildman–Crippen LogP) is 2.71. The maximum Gasteiger partial charge on any atom is 0.325 e. The van der Waals surface area contributed by atoms with Gasteiger partial charge < -0.3 is 10.2 Å². The summed E-state index contributed by atoms with van der Waals surface area (Å²) in [6, 6.07) is 7.69. The van der Waals surface area contributed by atoms with E-state index in [9.17, 15) is 14.4 Å². The standard InChI is InChI=1S/C21H29N3O3/c1-4-16-8-10-17(11-9-16)13-23(3)18(25)14-24-19(26)21(22-20(24)27)12-6-5-7-15(21)2/h8-11,15H,4-7,12-14H2,1-3H3,(H,22,27)/t15-,21-/m0/s1. The van der Waals surface area contributed by atoms with Crippen LogP contribution in [0.1, 0.15) is 50.7 Å². The third-order valence-electron chi connectivity index (χ3n) is 6.07. The summed E-state index contributed by atoms with van der Waals surface area (Å²) in [7, 11) is 1.70. The first kappa shape index (κ1) is 19.4. The molecule has 4 amide bonds. The van der Waals surface area contributed by atoms with Crippen molar-refractivity contribution in [1.29, 1.82) is 0 Å². The van der Waals surface area contributed by atoms with Crippen LogP contribution in [0, 0.1) is 5.92 Å². The van der Waals surface area contributed by atoms with Crippen LogP contribution in [0.15, 0.2) is 24.3 Å². The van der Waals surface area contributed by atoms with Crippen LogP contribution in [0.3, 0.4) is 0 Å². The summed E-state index contributed by atoms with van der Waals surface area (Å²) in [5, 5.41) is 2.89. The molecule has 0 bridgehead atoms. The Hall–Kier alpha value is -2.37. The Kier molecular flexibility index (Phi) is 5.53. The molecule has 1 aromatic rings. The van der Waals surface area contributed by atoms with Crippen LogP contribution in [-0.4, -0.2) is 46.8 Å². The van der Waals surface area contributed by atoms with E-state index in [2.05, 4.69) is 24.4 Å². The molecule has 146 valence electrons. The van der Waals surface area contributed by atoms with Crippen LogP contribution in [0.2, 0.25) is 0 Å². The number of hydrogen-bond donors (Lipinski definition) is 1. The number of rotatable bonds is 5. The van der Waals surface area contributed by atoms with E-state index in [1.54, 1.807) is 11.9 Å². The van der Waals surface area contributed by atoms with Gasteiger partial charge in [-0.1, -0.05) is 51.0 Å². The maximum absolute atomic E-state index is 13.0. The van der Waals surface area contributed by atoms with E-state index in [4.69, 9.17) is 0 Å². The van der Waals surface area contributed by atoms with Gasteiger partial charge in [0.25, 0.3) is 5.91 Å². The van der Waals surface area contributed by atoms with Gasteiger partial charge in [0.1, 0.15) is 12.1 Å². The van der Waals surface area contributed by atoms with Crippen LogP contribution < -0.4 is 5.32 Å². The fourth-order valence-corrected chi connectivity index (χ4v) is 4.14. The molecule has 1 spiro atoms. The fourth-order valence-electron chi connectivity index (χ4n) is 4.14. The average Bonchev–Trinajstić information content (AvgIpc) is 2.89. The molecular weight excluding hydrogens is 342 g/mol. The van der Waals surface area contributed by atoms with Crippen molar-refractivity contribution in [1.82, 2.24) is 15.1 Å². The lowest BCUT2D eigenvalue weighted by Crippen LogP contribution is -2.54. The molecule has 0 unspecified atom stereocenters. The third kappa shape index (κ3) is 3.70. The van der Waals surface area contributed by atoms with Gasteiger partial charge in [0.15, 0.2) is 0 Å². The van der Waals surface area contributed by atoms with Gasteiger partial charge in [0, 0.05) is 13.6 Å². The summed E-state index contributed by atoms with van der Waals surface area (Å²) in [6.45, 7) is 4.36. The van der Waals surface area contributed by atoms with Crippen molar-refractivity contribution < 1.29 is 14.4 Å². The Balaban J connectivity index is 1.64. The predicted molar refractivity (Wildman–Crippen MR) is 103 cm³/mol. The zero-order valence-corrected chi connectivity index (χ0v) is 16.5. The number of carbonyl (C=O) groups is 3. The summed E-state index contributed by atoms with van der Waals surface area (Å²) in [6.07, 6.45) is 4.54. The SMILES string of the molecule is CCc1ccc(CN(C)C(=O)CN2C(=O)N[C@]3(CCCC[C@@H]3C)C2=O)cc1. The molecule has 2 atom stereocenters. The van der Waals surface area contributed by atoms with Crippen molar-refractivity contribution >= 4 is 17.8 Å². The number of nitrogens with one attached hydrogen (secondary N) is 1. The third-order valence-corrected chi connectivity index (χ3v) is 6.07. The van der Waals surface area contributed by atoms with Gasteiger partial charge in [0.2, 0.25) is 5.91 Å². The lowest BCUT2D eigenvalue weighted by atomic mass is 9.73. The van der Waals surface area contributed by atoms with Gasteiger partial charge in [-0.15, -0.1) is 0 Å². The largest absolute Gasteiger partial charge is 0.340 e. The Morgan fingerprint density at radius 3 is 2.52 bits per heavy atom. The Morgan fingerprint density at radius 1 is 1.22 bits per heavy atom. The summed E-state index contributed by atoms with van der Waals surface area (Å²) >= 11 is 0. The van der Waals surface area contributed by atoms with Gasteiger partial charge in [0.05, 0.1) is 0 Å². The molecular formula is C21H29N3O3. The monoisotopic (exact) mass is 371 g/mol. The normalized spacial score (nSPS) is 25.0. The van der Waals surface area contributed by atoms with Crippen molar-refractivity contribution in [3.63, 3.8) is 0 Å². The van der Waals surface area contributed by atoms with Crippen molar-refractivity contribution in [2.45, 2.75) is 58.0 Å². The molecule has 6 heteroatoms. The summed E-state index contributed by atoms with van der Waals surface area (Å²) in [5.74, 6) is -0.384. The number of benzene rings is 1. The zero-order valence-electron chi connectivity index (χ0n) is 16.5. The van der Waals surface area contributed by atoms with Crippen LogP contribution >= 0.6 is 0 Å². The highest BCUT2D eigenvalue weighted by Crippen LogP contribution is 2.38. The molecule has 27 heavy (non-hydrogen) atoms. The second kappa shape index (κ2) is 7.71. The molecule has 1 saturated carbocycles. The van der Waals surface area contributed by atoms with Gasteiger partial charge in [-0.05, 0) is 36.3 Å². The van der Waals surface area contributed by atoms with Crippen LogP contribution in [0.25, 0.3) is 0 Å². The first-order valence-electron chi connectivity index (χ1n) is 9.83. The molecule has 6 nitrogen and oxygen atoms in total. The van der Waals surface area contributed by atoms with Gasteiger partial charge in [-0.25, -0.2) is 4.79 Å². The van der Waals surface area contributed by atoms with E-state index in [1.807, 2.05) is 19.1 Å². The summed E-state index contributed by atoms with van der Waals surface area (Å²) in [5.41, 5.74) is 1.46. The molecule has 1 aliphatic carbocycles. The van der Waals surface area contributed by atoms with E-state index >= 15 is 0 Å². The van der Waals surface area contributed by atoms with E-state index in [0.717, 1.165) is 36.1 Å².